The Morgan fingerprint density at radius 2 is 1.65 bits per heavy atom. The normalized spacial score (nSPS) is 10.6. The van der Waals surface area contributed by atoms with Crippen LogP contribution in [-0.2, 0) is 14.3 Å². The molecule has 0 heterocycles. The maximum Gasteiger partial charge on any atom is 0.308 e. The van der Waals surface area contributed by atoms with Crippen molar-refractivity contribution in [3.63, 3.8) is 0 Å². The summed E-state index contributed by atoms with van der Waals surface area (Å²) in [6.45, 7) is 5.99. The van der Waals surface area contributed by atoms with Gasteiger partial charge >= 0.3 is 5.97 Å². The van der Waals surface area contributed by atoms with Gasteiger partial charge in [-0.05, 0) is 12.1 Å². The third kappa shape index (κ3) is 7.79. The molecule has 0 fully saturated rings. The quantitative estimate of drug-likeness (QED) is 0.488. The minimum absolute atomic E-state index is 0.0638. The molecule has 0 saturated carbocycles. The van der Waals surface area contributed by atoms with Gasteiger partial charge in [-0.3, -0.25) is 4.79 Å². The number of esters is 1. The molecule has 1 aromatic rings. The number of ether oxygens (including phenoxy) is 3. The summed E-state index contributed by atoms with van der Waals surface area (Å²) in [5.41, 5.74) is 0. The maximum atomic E-state index is 11.2. The fourth-order valence-corrected chi connectivity index (χ4v) is 1.47. The average molecular weight is 280 g/mol. The van der Waals surface area contributed by atoms with Crippen molar-refractivity contribution in [3.8, 4) is 5.75 Å². The highest BCUT2D eigenvalue weighted by Crippen LogP contribution is 2.08. The Morgan fingerprint density at radius 3 is 2.30 bits per heavy atom. The van der Waals surface area contributed by atoms with Gasteiger partial charge in [0.1, 0.15) is 5.75 Å². The average Bonchev–Trinajstić information content (AvgIpc) is 2.46. The van der Waals surface area contributed by atoms with E-state index < -0.39 is 0 Å². The molecule has 1 aromatic carbocycles. The Bertz CT molecular complexity index is 362. The van der Waals surface area contributed by atoms with Crippen LogP contribution in [0.5, 0.6) is 5.75 Å². The predicted molar refractivity (Wildman–Crippen MR) is 77.8 cm³/mol. The van der Waals surface area contributed by atoms with E-state index in [1.165, 1.54) is 0 Å². The van der Waals surface area contributed by atoms with E-state index in [1.807, 2.05) is 44.2 Å². The number of carbonyl (C=O) groups is 1. The highest BCUT2D eigenvalue weighted by atomic mass is 16.5. The van der Waals surface area contributed by atoms with Crippen LogP contribution in [0.15, 0.2) is 30.3 Å². The van der Waals surface area contributed by atoms with Gasteiger partial charge < -0.3 is 14.2 Å². The van der Waals surface area contributed by atoms with Crippen molar-refractivity contribution in [2.45, 2.75) is 26.7 Å². The van der Waals surface area contributed by atoms with Crippen LogP contribution in [0.3, 0.4) is 0 Å². The zero-order valence-electron chi connectivity index (χ0n) is 12.3. The molecule has 0 aliphatic rings. The van der Waals surface area contributed by atoms with Crippen LogP contribution in [0.25, 0.3) is 0 Å². The Labute approximate surface area is 121 Å². The number of rotatable bonds is 10. The van der Waals surface area contributed by atoms with E-state index in [2.05, 4.69) is 0 Å². The summed E-state index contributed by atoms with van der Waals surface area (Å²) in [4.78, 5) is 11.2. The van der Waals surface area contributed by atoms with Gasteiger partial charge in [0.25, 0.3) is 0 Å². The van der Waals surface area contributed by atoms with Gasteiger partial charge in [-0.15, -0.1) is 0 Å². The predicted octanol–water partition coefficient (Wildman–Crippen LogP) is 3.06. The number of carbonyl (C=O) groups excluding carboxylic acids is 1. The molecule has 20 heavy (non-hydrogen) atoms. The monoisotopic (exact) mass is 280 g/mol. The van der Waals surface area contributed by atoms with Crippen molar-refractivity contribution in [2.75, 3.05) is 26.4 Å². The van der Waals surface area contributed by atoms with Gasteiger partial charge in [-0.2, -0.15) is 0 Å². The molecule has 0 spiro atoms. The van der Waals surface area contributed by atoms with Crippen molar-refractivity contribution in [3.05, 3.63) is 30.3 Å². The minimum Gasteiger partial charge on any atom is -0.494 e. The van der Waals surface area contributed by atoms with Gasteiger partial charge in [-0.1, -0.05) is 32.0 Å². The molecule has 0 radical (unpaired) electrons. The van der Waals surface area contributed by atoms with Crippen LogP contribution in [0.1, 0.15) is 26.7 Å². The molecule has 0 N–H and O–H groups in total. The Morgan fingerprint density at radius 1 is 1.00 bits per heavy atom. The van der Waals surface area contributed by atoms with Crippen LogP contribution in [0.2, 0.25) is 0 Å². The first-order chi connectivity index (χ1) is 9.70. The van der Waals surface area contributed by atoms with E-state index >= 15 is 0 Å². The Hall–Kier alpha value is -1.55. The van der Waals surface area contributed by atoms with Crippen molar-refractivity contribution < 1.29 is 19.0 Å². The van der Waals surface area contributed by atoms with Crippen LogP contribution >= 0.6 is 0 Å². The number of benzene rings is 1. The molecule has 4 heteroatoms. The first kappa shape index (κ1) is 16.5. The topological polar surface area (TPSA) is 44.8 Å². The molecule has 0 amide bonds. The number of hydrogen-bond donors (Lipinski definition) is 0. The van der Waals surface area contributed by atoms with Crippen molar-refractivity contribution in [1.82, 2.24) is 0 Å². The first-order valence-electron chi connectivity index (χ1n) is 7.12. The molecule has 4 nitrogen and oxygen atoms in total. The molecule has 1 rings (SSSR count). The number of para-hydroxylation sites is 1. The summed E-state index contributed by atoms with van der Waals surface area (Å²) >= 11 is 0. The van der Waals surface area contributed by atoms with Gasteiger partial charge in [0.15, 0.2) is 0 Å². The van der Waals surface area contributed by atoms with Crippen LogP contribution in [0.4, 0.5) is 0 Å². The third-order valence-electron chi connectivity index (χ3n) is 2.59. The molecular weight excluding hydrogens is 256 g/mol. The second-order valence-electron chi connectivity index (χ2n) is 4.80. The first-order valence-corrected chi connectivity index (χ1v) is 7.12. The largest absolute Gasteiger partial charge is 0.494 e. The maximum absolute atomic E-state index is 11.2. The summed E-state index contributed by atoms with van der Waals surface area (Å²) in [6.07, 6.45) is 1.58. The molecule has 0 atom stereocenters. The minimum atomic E-state index is -0.152. The summed E-state index contributed by atoms with van der Waals surface area (Å²) in [7, 11) is 0. The van der Waals surface area contributed by atoms with Gasteiger partial charge in [-0.25, -0.2) is 0 Å². The van der Waals surface area contributed by atoms with E-state index in [0.717, 1.165) is 18.6 Å². The van der Waals surface area contributed by atoms with Gasteiger partial charge in [0, 0.05) is 26.1 Å². The highest BCUT2D eigenvalue weighted by Gasteiger charge is 2.06. The molecule has 0 saturated heterocycles. The van der Waals surface area contributed by atoms with Crippen molar-refractivity contribution >= 4 is 5.97 Å². The molecule has 0 unspecified atom stereocenters. The van der Waals surface area contributed by atoms with Gasteiger partial charge in [0.05, 0.1) is 19.1 Å². The zero-order valence-corrected chi connectivity index (χ0v) is 12.3. The summed E-state index contributed by atoms with van der Waals surface area (Å²) < 4.78 is 16.0. The van der Waals surface area contributed by atoms with Crippen molar-refractivity contribution in [1.29, 1.82) is 0 Å². The second kappa shape index (κ2) is 10.3. The molecule has 0 aliphatic heterocycles. The zero-order chi connectivity index (χ0) is 14.6. The molecular formula is C16H24O4. The fourth-order valence-electron chi connectivity index (χ4n) is 1.47. The number of hydrogen-bond acceptors (Lipinski definition) is 4. The molecule has 0 bridgehead atoms. The summed E-state index contributed by atoms with van der Waals surface area (Å²) in [5.74, 6) is 0.667. The molecule has 112 valence electrons. The lowest BCUT2D eigenvalue weighted by Gasteiger charge is -2.08. The highest BCUT2D eigenvalue weighted by molar-refractivity contribution is 5.71. The summed E-state index contributed by atoms with van der Waals surface area (Å²) in [5, 5.41) is 0. The molecule has 0 aromatic heterocycles. The Balaban J connectivity index is 1.87. The fraction of sp³-hybridized carbons (Fsp3) is 0.562. The van der Waals surface area contributed by atoms with E-state index in [1.54, 1.807) is 0 Å². The lowest BCUT2D eigenvalue weighted by Crippen LogP contribution is -2.13. The van der Waals surface area contributed by atoms with E-state index in [-0.39, 0.29) is 11.9 Å². The van der Waals surface area contributed by atoms with E-state index in [9.17, 15) is 4.79 Å². The van der Waals surface area contributed by atoms with Crippen LogP contribution in [-0.4, -0.2) is 32.4 Å². The third-order valence-corrected chi connectivity index (χ3v) is 2.59. The van der Waals surface area contributed by atoms with Crippen LogP contribution < -0.4 is 4.74 Å². The van der Waals surface area contributed by atoms with E-state index in [0.29, 0.717) is 26.4 Å². The van der Waals surface area contributed by atoms with E-state index in [4.69, 9.17) is 14.2 Å². The smallest absolute Gasteiger partial charge is 0.308 e. The van der Waals surface area contributed by atoms with Crippen molar-refractivity contribution in [2.24, 2.45) is 5.92 Å². The lowest BCUT2D eigenvalue weighted by atomic mass is 10.2. The second-order valence-corrected chi connectivity index (χ2v) is 4.80. The SMILES string of the molecule is CC(C)C(=O)OCCCOCCCOc1ccccc1. The van der Waals surface area contributed by atoms with Crippen LogP contribution in [0, 0.1) is 5.92 Å². The van der Waals surface area contributed by atoms with Gasteiger partial charge in [0.2, 0.25) is 0 Å². The lowest BCUT2D eigenvalue weighted by molar-refractivity contribution is -0.147. The Kier molecular flexibility index (Phi) is 8.47. The molecule has 0 aliphatic carbocycles. The summed E-state index contributed by atoms with van der Waals surface area (Å²) in [6, 6.07) is 9.73. The standard InChI is InChI=1S/C16H24O4/c1-14(2)16(17)20-13-7-11-18-10-6-12-19-15-8-4-3-5-9-15/h3-5,8-9,14H,6-7,10-13H2,1-2H3.